The van der Waals surface area contributed by atoms with Crippen molar-refractivity contribution in [2.45, 2.75) is 120 Å². The van der Waals surface area contributed by atoms with E-state index in [0.29, 0.717) is 63.5 Å². The summed E-state index contributed by atoms with van der Waals surface area (Å²) in [6, 6.07) is -0.171. The van der Waals surface area contributed by atoms with Crippen molar-refractivity contribution in [3.63, 3.8) is 0 Å². The Morgan fingerprint density at radius 1 is 1.00 bits per heavy atom. The average molecular weight is 440 g/mol. The summed E-state index contributed by atoms with van der Waals surface area (Å²) in [6.45, 7) is 7.77. The highest BCUT2D eigenvalue weighted by Crippen LogP contribution is 2.40. The van der Waals surface area contributed by atoms with Gasteiger partial charge in [-0.3, -0.25) is 4.79 Å². The average Bonchev–Trinajstić information content (AvgIpc) is 2.86. The monoisotopic (exact) mass is 439 g/mol. The van der Waals surface area contributed by atoms with Crippen LogP contribution in [0, 0.1) is 0 Å². The van der Waals surface area contributed by atoms with Gasteiger partial charge in [0.15, 0.2) is 0 Å². The lowest BCUT2D eigenvalue weighted by atomic mass is 9.74. The molecule has 1 amide bonds. The van der Waals surface area contributed by atoms with Crippen LogP contribution in [0.5, 0.6) is 0 Å². The molecule has 2 heterocycles. The molecule has 3 aliphatic rings. The van der Waals surface area contributed by atoms with E-state index in [1.54, 1.807) is 0 Å². The van der Waals surface area contributed by atoms with Crippen molar-refractivity contribution >= 4 is 5.91 Å². The minimum Gasteiger partial charge on any atom is -0.393 e. The summed E-state index contributed by atoms with van der Waals surface area (Å²) in [4.78, 5) is 13.3. The van der Waals surface area contributed by atoms with Crippen LogP contribution in [-0.2, 0) is 4.79 Å². The molecule has 0 radical (unpaired) electrons. The molecule has 0 bridgehead atoms. The first-order chi connectivity index (χ1) is 14.4. The van der Waals surface area contributed by atoms with Crippen molar-refractivity contribution in [3.8, 4) is 0 Å². The predicted molar refractivity (Wildman–Crippen MR) is 117 cm³/mol. The van der Waals surface area contributed by atoms with Gasteiger partial charge in [-0.05, 0) is 85.5 Å². The first kappa shape index (κ1) is 24.6. The van der Waals surface area contributed by atoms with E-state index in [9.17, 15) is 25.4 Å². The summed E-state index contributed by atoms with van der Waals surface area (Å²) >= 11 is 0. The first-order valence-corrected chi connectivity index (χ1v) is 11.7. The summed E-state index contributed by atoms with van der Waals surface area (Å²) in [6.07, 6.45) is 6.77. The molecular weight excluding hydrogens is 398 g/mol. The zero-order chi connectivity index (χ0) is 23.0. The van der Waals surface area contributed by atoms with Crippen LogP contribution in [0.15, 0.2) is 11.6 Å². The van der Waals surface area contributed by atoms with Gasteiger partial charge in [-0.1, -0.05) is 6.08 Å². The van der Waals surface area contributed by atoms with Gasteiger partial charge in [0.05, 0.1) is 23.3 Å². The molecule has 1 spiro atoms. The van der Waals surface area contributed by atoms with E-state index in [2.05, 4.69) is 5.32 Å². The molecule has 1 aliphatic carbocycles. The molecule has 8 nitrogen and oxygen atoms in total. The molecule has 0 aromatic rings. The molecule has 178 valence electrons. The van der Waals surface area contributed by atoms with E-state index in [-0.39, 0.29) is 18.1 Å². The Balaban J connectivity index is 1.81. The summed E-state index contributed by atoms with van der Waals surface area (Å²) < 4.78 is 0. The van der Waals surface area contributed by atoms with Gasteiger partial charge in [0, 0.05) is 23.7 Å². The second kappa shape index (κ2) is 9.08. The number of nitrogens with zero attached hydrogens (tertiary/aromatic N) is 2. The number of aliphatic hydroxyl groups is 2. The van der Waals surface area contributed by atoms with Crippen LogP contribution < -0.4 is 5.32 Å². The van der Waals surface area contributed by atoms with Crippen molar-refractivity contribution < 1.29 is 25.4 Å². The zero-order valence-corrected chi connectivity index (χ0v) is 19.5. The smallest absolute Gasteiger partial charge is 0.249 e. The summed E-state index contributed by atoms with van der Waals surface area (Å²) in [5, 5.41) is 47.5. The highest BCUT2D eigenvalue weighted by molar-refractivity contribution is 5.96. The Morgan fingerprint density at radius 2 is 1.61 bits per heavy atom. The molecule has 8 heteroatoms. The summed E-state index contributed by atoms with van der Waals surface area (Å²) in [5.74, 6) is -0.201. The Bertz CT molecular complexity index is 685. The summed E-state index contributed by atoms with van der Waals surface area (Å²) in [7, 11) is 0. The van der Waals surface area contributed by atoms with E-state index in [1.165, 1.54) is 10.1 Å². The van der Waals surface area contributed by atoms with Gasteiger partial charge in [0.1, 0.15) is 0 Å². The fourth-order valence-electron chi connectivity index (χ4n) is 5.68. The Labute approximate surface area is 185 Å². The standard InChI is InChI=1S/C23H41N3O5/c1-21(2)15-19(22(3,4)26(21)31)20(29)24-16-6-5-7-17(27)10-13-25(30)23(14-16)11-8-18(28)9-12-23/h15-18,27-28,30-31H,5-14H2,1-4H3,(H,24,29). The number of aliphatic hydroxyl groups excluding tert-OH is 2. The molecule has 3 rings (SSSR count). The zero-order valence-electron chi connectivity index (χ0n) is 19.5. The third-order valence-corrected chi connectivity index (χ3v) is 7.64. The lowest BCUT2D eigenvalue weighted by Crippen LogP contribution is -2.55. The molecule has 0 aromatic carbocycles. The second-order valence-corrected chi connectivity index (χ2v) is 10.9. The third kappa shape index (κ3) is 5.15. The molecule has 1 saturated carbocycles. The van der Waals surface area contributed by atoms with Crippen molar-refractivity contribution in [1.82, 2.24) is 15.4 Å². The van der Waals surface area contributed by atoms with Crippen LogP contribution in [0.3, 0.4) is 0 Å². The molecule has 2 aliphatic heterocycles. The van der Waals surface area contributed by atoms with Gasteiger partial charge in [0.25, 0.3) is 0 Å². The maximum Gasteiger partial charge on any atom is 0.249 e. The molecule has 1 saturated heterocycles. The Kier molecular flexibility index (Phi) is 7.21. The largest absolute Gasteiger partial charge is 0.393 e. The maximum absolute atomic E-state index is 13.3. The number of hydrogen-bond acceptors (Lipinski definition) is 7. The van der Waals surface area contributed by atoms with Gasteiger partial charge in [-0.2, -0.15) is 10.1 Å². The number of hydrogen-bond donors (Lipinski definition) is 5. The van der Waals surface area contributed by atoms with Crippen LogP contribution >= 0.6 is 0 Å². The minimum absolute atomic E-state index is 0.171. The van der Waals surface area contributed by atoms with Gasteiger partial charge in [0.2, 0.25) is 5.91 Å². The first-order valence-electron chi connectivity index (χ1n) is 11.7. The maximum atomic E-state index is 13.3. The molecular formula is C23H41N3O5. The number of carbonyl (C=O) groups excluding carboxylic acids is 1. The number of carbonyl (C=O) groups is 1. The minimum atomic E-state index is -0.810. The lowest BCUT2D eigenvalue weighted by molar-refractivity contribution is -0.200. The van der Waals surface area contributed by atoms with Gasteiger partial charge in [-0.15, -0.1) is 0 Å². The molecule has 2 atom stereocenters. The lowest BCUT2D eigenvalue weighted by Gasteiger charge is -2.46. The highest BCUT2D eigenvalue weighted by Gasteiger charge is 2.48. The predicted octanol–water partition coefficient (Wildman–Crippen LogP) is 2.35. The summed E-state index contributed by atoms with van der Waals surface area (Å²) in [5.41, 5.74) is -1.43. The van der Waals surface area contributed by atoms with Crippen molar-refractivity contribution in [2.24, 2.45) is 0 Å². The quantitative estimate of drug-likeness (QED) is 0.448. The van der Waals surface area contributed by atoms with Crippen LogP contribution in [0.4, 0.5) is 0 Å². The van der Waals surface area contributed by atoms with Crippen molar-refractivity contribution in [1.29, 1.82) is 0 Å². The van der Waals surface area contributed by atoms with Gasteiger partial charge in [-0.25, -0.2) is 0 Å². The van der Waals surface area contributed by atoms with Crippen LogP contribution in [0.25, 0.3) is 0 Å². The van der Waals surface area contributed by atoms with Crippen LogP contribution in [0.2, 0.25) is 0 Å². The van der Waals surface area contributed by atoms with E-state index in [0.717, 1.165) is 6.42 Å². The number of rotatable bonds is 2. The molecule has 31 heavy (non-hydrogen) atoms. The number of amides is 1. The van der Waals surface area contributed by atoms with E-state index < -0.39 is 22.7 Å². The van der Waals surface area contributed by atoms with Gasteiger partial charge < -0.3 is 25.9 Å². The Morgan fingerprint density at radius 3 is 2.19 bits per heavy atom. The molecule has 0 aromatic heterocycles. The van der Waals surface area contributed by atoms with E-state index in [1.807, 2.05) is 33.8 Å². The van der Waals surface area contributed by atoms with Crippen molar-refractivity contribution in [2.75, 3.05) is 6.54 Å². The van der Waals surface area contributed by atoms with Crippen LogP contribution in [-0.4, -0.2) is 78.1 Å². The third-order valence-electron chi connectivity index (χ3n) is 7.64. The Hall–Kier alpha value is -1.03. The van der Waals surface area contributed by atoms with Gasteiger partial charge >= 0.3 is 0 Å². The fourth-order valence-corrected chi connectivity index (χ4v) is 5.68. The molecule has 2 unspecified atom stereocenters. The SMILES string of the molecule is CC1(C)C=C(C(=O)NC2CCCC(O)CCN(O)C3(CCC(O)CC3)C2)C(C)(C)N1O. The highest BCUT2D eigenvalue weighted by atomic mass is 16.5. The van der Waals surface area contributed by atoms with E-state index in [4.69, 9.17) is 0 Å². The number of hydroxylamine groups is 4. The second-order valence-electron chi connectivity index (χ2n) is 10.9. The fraction of sp³-hybridized carbons (Fsp3) is 0.870. The normalized spacial score (nSPS) is 37.4. The molecule has 5 N–H and O–H groups in total. The van der Waals surface area contributed by atoms with Crippen LogP contribution in [0.1, 0.15) is 85.5 Å². The molecule has 2 fully saturated rings. The van der Waals surface area contributed by atoms with E-state index >= 15 is 0 Å². The number of nitrogens with one attached hydrogen (secondary N) is 1. The van der Waals surface area contributed by atoms with Crippen molar-refractivity contribution in [3.05, 3.63) is 11.6 Å². The topological polar surface area (TPSA) is 116 Å².